The van der Waals surface area contributed by atoms with Crippen molar-refractivity contribution < 1.29 is 14.3 Å². The second-order valence-electron chi connectivity index (χ2n) is 3.58. The molecule has 0 saturated heterocycles. The minimum absolute atomic E-state index is 0.141. The van der Waals surface area contributed by atoms with E-state index < -0.39 is 11.8 Å². The van der Waals surface area contributed by atoms with Crippen molar-refractivity contribution >= 4 is 11.8 Å². The predicted molar refractivity (Wildman–Crippen MR) is 50.6 cm³/mol. The maximum atomic E-state index is 11.2. The lowest BCUT2D eigenvalue weighted by atomic mass is 10.3. The van der Waals surface area contributed by atoms with Crippen molar-refractivity contribution in [3.8, 4) is 0 Å². The first-order valence-corrected chi connectivity index (χ1v) is 4.73. The quantitative estimate of drug-likeness (QED) is 0.596. The maximum absolute atomic E-state index is 11.2. The maximum Gasteiger partial charge on any atom is 0.309 e. The van der Waals surface area contributed by atoms with Gasteiger partial charge < -0.3 is 15.4 Å². The van der Waals surface area contributed by atoms with Gasteiger partial charge in [0.15, 0.2) is 0 Å². The summed E-state index contributed by atoms with van der Waals surface area (Å²) in [5.74, 6) is -1.13. The fourth-order valence-corrected chi connectivity index (χ4v) is 1.06. The van der Waals surface area contributed by atoms with Crippen molar-refractivity contribution in [2.75, 3.05) is 13.7 Å². The molecule has 0 aromatic rings. The first-order valence-electron chi connectivity index (χ1n) is 4.73. The predicted octanol–water partition coefficient (Wildman–Crippen LogP) is -0.584. The number of methoxy groups -OCH3 is 1. The van der Waals surface area contributed by atoms with Crippen LogP contribution >= 0.6 is 0 Å². The van der Waals surface area contributed by atoms with Gasteiger partial charge in [0.05, 0.1) is 6.61 Å². The molecule has 0 bridgehead atoms. The van der Waals surface area contributed by atoms with Crippen LogP contribution in [-0.4, -0.2) is 37.6 Å². The molecule has 80 valence electrons. The summed E-state index contributed by atoms with van der Waals surface area (Å²) in [6.07, 6.45) is 1.96. The van der Waals surface area contributed by atoms with Gasteiger partial charge >= 0.3 is 11.8 Å². The Morgan fingerprint density at radius 2 is 2.07 bits per heavy atom. The average Bonchev–Trinajstić information content (AvgIpc) is 2.88. The first-order chi connectivity index (χ1) is 6.63. The van der Waals surface area contributed by atoms with Gasteiger partial charge in [-0.3, -0.25) is 9.59 Å². The van der Waals surface area contributed by atoms with E-state index in [0.29, 0.717) is 6.61 Å². The van der Waals surface area contributed by atoms with Gasteiger partial charge in [-0.15, -0.1) is 0 Å². The molecule has 1 saturated carbocycles. The Morgan fingerprint density at radius 1 is 1.43 bits per heavy atom. The molecule has 0 radical (unpaired) electrons. The molecule has 5 nitrogen and oxygen atoms in total. The second-order valence-corrected chi connectivity index (χ2v) is 3.58. The van der Waals surface area contributed by atoms with E-state index in [1.54, 1.807) is 14.0 Å². The molecule has 1 rings (SSSR count). The van der Waals surface area contributed by atoms with Crippen LogP contribution in [0.3, 0.4) is 0 Å². The summed E-state index contributed by atoms with van der Waals surface area (Å²) in [5, 5.41) is 5.15. The van der Waals surface area contributed by atoms with Gasteiger partial charge in [0, 0.05) is 19.2 Å². The highest BCUT2D eigenvalue weighted by atomic mass is 16.5. The minimum atomic E-state index is -0.582. The number of carbonyl (C=O) groups is 2. The van der Waals surface area contributed by atoms with Gasteiger partial charge in [-0.1, -0.05) is 0 Å². The molecule has 1 unspecified atom stereocenters. The number of carbonyl (C=O) groups excluding carboxylic acids is 2. The molecule has 1 fully saturated rings. The molecule has 2 N–H and O–H groups in total. The first kappa shape index (κ1) is 11.0. The van der Waals surface area contributed by atoms with Crippen LogP contribution in [0, 0.1) is 0 Å². The molecule has 1 aliphatic carbocycles. The van der Waals surface area contributed by atoms with Gasteiger partial charge in [-0.05, 0) is 19.8 Å². The Kier molecular flexibility index (Phi) is 3.88. The number of rotatable bonds is 4. The number of hydrogen-bond donors (Lipinski definition) is 2. The van der Waals surface area contributed by atoms with Gasteiger partial charge in [-0.25, -0.2) is 0 Å². The summed E-state index contributed by atoms with van der Waals surface area (Å²) in [5.41, 5.74) is 0. The van der Waals surface area contributed by atoms with Crippen LogP contribution in [0.25, 0.3) is 0 Å². The fraction of sp³-hybridized carbons (Fsp3) is 0.778. The third-order valence-corrected chi connectivity index (χ3v) is 1.91. The molecular formula is C9H16N2O3. The zero-order chi connectivity index (χ0) is 10.6. The lowest BCUT2D eigenvalue weighted by molar-refractivity contribution is -0.139. The zero-order valence-corrected chi connectivity index (χ0v) is 8.50. The lowest BCUT2D eigenvalue weighted by Gasteiger charge is -2.11. The van der Waals surface area contributed by atoms with Gasteiger partial charge in [-0.2, -0.15) is 0 Å². The van der Waals surface area contributed by atoms with Crippen LogP contribution in [0.5, 0.6) is 0 Å². The summed E-state index contributed by atoms with van der Waals surface area (Å²) in [6, 6.07) is 0.0726. The van der Waals surface area contributed by atoms with Crippen LogP contribution in [0.4, 0.5) is 0 Å². The molecule has 1 aliphatic rings. The monoisotopic (exact) mass is 200 g/mol. The largest absolute Gasteiger partial charge is 0.383 e. The summed E-state index contributed by atoms with van der Waals surface area (Å²) in [7, 11) is 1.55. The molecule has 0 heterocycles. The smallest absolute Gasteiger partial charge is 0.309 e. The molecule has 0 aromatic carbocycles. The number of amides is 2. The highest BCUT2D eigenvalue weighted by molar-refractivity contribution is 6.35. The lowest BCUT2D eigenvalue weighted by Crippen LogP contribution is -2.45. The van der Waals surface area contributed by atoms with E-state index in [-0.39, 0.29) is 12.1 Å². The topological polar surface area (TPSA) is 67.4 Å². The van der Waals surface area contributed by atoms with Gasteiger partial charge in [0.1, 0.15) is 0 Å². The van der Waals surface area contributed by atoms with E-state index in [4.69, 9.17) is 4.74 Å². The van der Waals surface area contributed by atoms with E-state index in [1.807, 2.05) is 0 Å². The standard InChI is InChI=1S/C9H16N2O3/c1-6(5-14-2)10-8(12)9(13)11-7-3-4-7/h6-7H,3-5H2,1-2H3,(H,10,12)(H,11,13). The van der Waals surface area contributed by atoms with Crippen LogP contribution in [0.2, 0.25) is 0 Å². The Balaban J connectivity index is 2.21. The zero-order valence-electron chi connectivity index (χ0n) is 8.50. The van der Waals surface area contributed by atoms with Crippen molar-refractivity contribution in [1.29, 1.82) is 0 Å². The van der Waals surface area contributed by atoms with E-state index >= 15 is 0 Å². The van der Waals surface area contributed by atoms with Crippen LogP contribution < -0.4 is 10.6 Å². The van der Waals surface area contributed by atoms with E-state index in [2.05, 4.69) is 10.6 Å². The Labute approximate surface area is 83.2 Å². The van der Waals surface area contributed by atoms with Crippen LogP contribution in [0.15, 0.2) is 0 Å². The van der Waals surface area contributed by atoms with Gasteiger partial charge in [0.25, 0.3) is 0 Å². The molecule has 14 heavy (non-hydrogen) atoms. The number of ether oxygens (including phenoxy) is 1. The van der Waals surface area contributed by atoms with Crippen molar-refractivity contribution in [2.24, 2.45) is 0 Å². The number of hydrogen-bond acceptors (Lipinski definition) is 3. The molecule has 0 spiro atoms. The molecule has 5 heteroatoms. The Hall–Kier alpha value is -1.10. The molecular weight excluding hydrogens is 184 g/mol. The summed E-state index contributed by atoms with van der Waals surface area (Å²) in [6.45, 7) is 2.19. The van der Waals surface area contributed by atoms with Crippen LogP contribution in [-0.2, 0) is 14.3 Å². The normalized spacial score (nSPS) is 17.3. The SMILES string of the molecule is COCC(C)NC(=O)C(=O)NC1CC1. The molecule has 1 atom stereocenters. The third-order valence-electron chi connectivity index (χ3n) is 1.91. The fourth-order valence-electron chi connectivity index (χ4n) is 1.06. The Bertz CT molecular complexity index is 226. The van der Waals surface area contributed by atoms with Crippen molar-refractivity contribution in [3.63, 3.8) is 0 Å². The van der Waals surface area contributed by atoms with Gasteiger partial charge in [0.2, 0.25) is 0 Å². The summed E-state index contributed by atoms with van der Waals surface area (Å²) >= 11 is 0. The molecule has 2 amide bonds. The summed E-state index contributed by atoms with van der Waals surface area (Å²) in [4.78, 5) is 22.4. The third kappa shape index (κ3) is 3.74. The van der Waals surface area contributed by atoms with Crippen LogP contribution in [0.1, 0.15) is 19.8 Å². The van der Waals surface area contributed by atoms with E-state index in [1.165, 1.54) is 0 Å². The van der Waals surface area contributed by atoms with Crippen molar-refractivity contribution in [1.82, 2.24) is 10.6 Å². The van der Waals surface area contributed by atoms with Crippen molar-refractivity contribution in [2.45, 2.75) is 31.8 Å². The summed E-state index contributed by atoms with van der Waals surface area (Å²) < 4.78 is 4.83. The highest BCUT2D eigenvalue weighted by Gasteiger charge is 2.26. The van der Waals surface area contributed by atoms with E-state index in [0.717, 1.165) is 12.8 Å². The van der Waals surface area contributed by atoms with Crippen molar-refractivity contribution in [3.05, 3.63) is 0 Å². The molecule has 0 aliphatic heterocycles. The second kappa shape index (κ2) is 4.95. The Morgan fingerprint density at radius 3 is 2.57 bits per heavy atom. The minimum Gasteiger partial charge on any atom is -0.383 e. The molecule has 0 aromatic heterocycles. The average molecular weight is 200 g/mol. The highest BCUT2D eigenvalue weighted by Crippen LogP contribution is 2.18. The number of nitrogens with one attached hydrogen (secondary N) is 2. The van der Waals surface area contributed by atoms with E-state index in [9.17, 15) is 9.59 Å².